The van der Waals surface area contributed by atoms with Gasteiger partial charge in [-0.3, -0.25) is 4.99 Å². The Labute approximate surface area is 137 Å². The second-order valence-electron chi connectivity index (χ2n) is 4.02. The van der Waals surface area contributed by atoms with Crippen LogP contribution in [0.4, 0.5) is 5.00 Å². The van der Waals surface area contributed by atoms with E-state index in [1.54, 1.807) is 26.4 Å². The minimum absolute atomic E-state index is 0.427. The molecule has 0 aliphatic carbocycles. The molecule has 1 heterocycles. The first-order chi connectivity index (χ1) is 10.1. The largest absolute Gasteiger partial charge is 0.495 e. The van der Waals surface area contributed by atoms with Gasteiger partial charge in [0.1, 0.15) is 16.5 Å². The van der Waals surface area contributed by atoms with Gasteiger partial charge in [0.15, 0.2) is 0 Å². The van der Waals surface area contributed by atoms with Crippen molar-refractivity contribution in [1.82, 2.24) is 0 Å². The normalized spacial score (nSPS) is 10.3. The van der Waals surface area contributed by atoms with Gasteiger partial charge in [0.25, 0.3) is 0 Å². The zero-order valence-electron chi connectivity index (χ0n) is 11.6. The van der Waals surface area contributed by atoms with Crippen LogP contribution in [-0.2, 0) is 0 Å². The maximum Gasteiger partial charge on any atom is 0.141 e. The van der Waals surface area contributed by atoms with Crippen molar-refractivity contribution in [3.8, 4) is 21.9 Å². The lowest BCUT2D eigenvalue weighted by Gasteiger charge is -2.13. The Bertz CT molecular complexity index is 656. The highest BCUT2D eigenvalue weighted by molar-refractivity contribution is 7.19. The van der Waals surface area contributed by atoms with E-state index in [-0.39, 0.29) is 0 Å². The van der Waals surface area contributed by atoms with Crippen LogP contribution in [0.2, 0.25) is 10.0 Å². The van der Waals surface area contributed by atoms with Crippen LogP contribution in [0.25, 0.3) is 16.5 Å². The van der Waals surface area contributed by atoms with Crippen molar-refractivity contribution in [1.29, 1.82) is 0 Å². The van der Waals surface area contributed by atoms with Crippen LogP contribution < -0.4 is 9.47 Å². The molecule has 0 aliphatic rings. The summed E-state index contributed by atoms with van der Waals surface area (Å²) in [6.45, 7) is 7.32. The van der Waals surface area contributed by atoms with Crippen molar-refractivity contribution in [2.75, 3.05) is 14.2 Å². The molecule has 1 aromatic heterocycles. The summed E-state index contributed by atoms with van der Waals surface area (Å²) in [5, 5.41) is 1.61. The van der Waals surface area contributed by atoms with Crippen LogP contribution in [-0.4, -0.2) is 20.9 Å². The molecule has 21 heavy (non-hydrogen) atoms. The lowest BCUT2D eigenvalue weighted by Crippen LogP contribution is -1.92. The lowest BCUT2D eigenvalue weighted by molar-refractivity contribution is 0.395. The van der Waals surface area contributed by atoms with Gasteiger partial charge in [-0.25, -0.2) is 0 Å². The van der Waals surface area contributed by atoms with Crippen LogP contribution in [0.5, 0.6) is 11.5 Å². The van der Waals surface area contributed by atoms with Gasteiger partial charge < -0.3 is 9.47 Å². The topological polar surface area (TPSA) is 30.8 Å². The number of benzene rings is 1. The first-order valence-corrected chi connectivity index (χ1v) is 7.47. The SMILES string of the molecule is C=Cc1cc(-c2c(Cl)c(OC)cc(OC)c2Cl)sc1N=C. The molecule has 0 atom stereocenters. The van der Waals surface area contributed by atoms with Gasteiger partial charge in [-0.2, -0.15) is 0 Å². The quantitative estimate of drug-likeness (QED) is 0.651. The molecule has 6 heteroatoms. The molecule has 0 amide bonds. The molecule has 3 nitrogen and oxygen atoms in total. The van der Waals surface area contributed by atoms with Gasteiger partial charge in [-0.1, -0.05) is 35.9 Å². The van der Waals surface area contributed by atoms with Gasteiger partial charge in [0, 0.05) is 22.1 Å². The molecule has 0 fully saturated rings. The minimum atomic E-state index is 0.427. The molecule has 0 radical (unpaired) electrons. The summed E-state index contributed by atoms with van der Waals surface area (Å²) in [5.74, 6) is 0.990. The number of methoxy groups -OCH3 is 2. The summed E-state index contributed by atoms with van der Waals surface area (Å²) in [6, 6.07) is 3.57. The monoisotopic (exact) mass is 341 g/mol. The fraction of sp³-hybridized carbons (Fsp3) is 0.133. The van der Waals surface area contributed by atoms with Crippen LogP contribution in [0.15, 0.2) is 23.7 Å². The maximum atomic E-state index is 6.40. The highest BCUT2D eigenvalue weighted by atomic mass is 35.5. The summed E-state index contributed by atoms with van der Waals surface area (Å²) < 4.78 is 10.5. The molecular weight excluding hydrogens is 329 g/mol. The zero-order valence-corrected chi connectivity index (χ0v) is 13.9. The predicted molar refractivity (Wildman–Crippen MR) is 92.2 cm³/mol. The summed E-state index contributed by atoms with van der Waals surface area (Å²) in [6.07, 6.45) is 1.71. The zero-order chi connectivity index (χ0) is 15.6. The van der Waals surface area contributed by atoms with Crippen LogP contribution in [0, 0.1) is 0 Å². The Morgan fingerprint density at radius 2 is 1.71 bits per heavy atom. The highest BCUT2D eigenvalue weighted by Gasteiger charge is 2.21. The van der Waals surface area contributed by atoms with Crippen molar-refractivity contribution >= 4 is 52.3 Å². The number of halogens is 2. The second kappa shape index (κ2) is 6.52. The number of ether oxygens (including phenoxy) is 2. The second-order valence-corrected chi connectivity index (χ2v) is 5.80. The van der Waals surface area contributed by atoms with E-state index in [0.717, 1.165) is 15.4 Å². The Balaban J connectivity index is 2.75. The third-order valence-electron chi connectivity index (χ3n) is 2.92. The summed E-state index contributed by atoms with van der Waals surface area (Å²) in [4.78, 5) is 4.83. The van der Waals surface area contributed by atoms with Gasteiger partial charge >= 0.3 is 0 Å². The number of thiophene rings is 1. The molecule has 2 aromatic rings. The first-order valence-electron chi connectivity index (χ1n) is 5.90. The molecule has 0 saturated heterocycles. The molecular formula is C15H13Cl2NO2S. The lowest BCUT2D eigenvalue weighted by atomic mass is 10.1. The van der Waals surface area contributed by atoms with E-state index in [1.807, 2.05) is 6.07 Å². The van der Waals surface area contributed by atoms with E-state index >= 15 is 0 Å². The average molecular weight is 342 g/mol. The molecule has 0 bridgehead atoms. The Morgan fingerprint density at radius 3 is 2.10 bits per heavy atom. The predicted octanol–water partition coefficient (Wildman–Crippen LogP) is 5.71. The number of hydrogen-bond donors (Lipinski definition) is 0. The third-order valence-corrected chi connectivity index (χ3v) is 4.77. The summed E-state index contributed by atoms with van der Waals surface area (Å²) in [5.41, 5.74) is 1.52. The molecule has 0 aliphatic heterocycles. The molecule has 110 valence electrons. The first kappa shape index (κ1) is 15.9. The minimum Gasteiger partial charge on any atom is -0.495 e. The number of hydrogen-bond acceptors (Lipinski definition) is 4. The van der Waals surface area contributed by atoms with Crippen molar-refractivity contribution < 1.29 is 9.47 Å². The highest BCUT2D eigenvalue weighted by Crippen LogP contribution is 2.49. The molecule has 0 N–H and O–H groups in total. The van der Waals surface area contributed by atoms with Crippen LogP contribution in [0.3, 0.4) is 0 Å². The van der Waals surface area contributed by atoms with Gasteiger partial charge in [-0.15, -0.1) is 11.3 Å². The summed E-state index contributed by atoms with van der Waals surface area (Å²) in [7, 11) is 3.08. The van der Waals surface area contributed by atoms with Crippen LogP contribution in [0.1, 0.15) is 5.56 Å². The van der Waals surface area contributed by atoms with Crippen molar-refractivity contribution in [3.63, 3.8) is 0 Å². The Hall–Kier alpha value is -1.49. The molecule has 0 spiro atoms. The van der Waals surface area contributed by atoms with Crippen molar-refractivity contribution in [3.05, 3.63) is 34.3 Å². The molecule has 1 aromatic carbocycles. The van der Waals surface area contributed by atoms with E-state index < -0.39 is 0 Å². The fourth-order valence-electron chi connectivity index (χ4n) is 1.89. The van der Waals surface area contributed by atoms with Crippen LogP contribution >= 0.6 is 34.5 Å². The Morgan fingerprint density at radius 1 is 1.14 bits per heavy atom. The smallest absolute Gasteiger partial charge is 0.141 e. The van der Waals surface area contributed by atoms with E-state index in [0.29, 0.717) is 27.1 Å². The number of nitrogens with zero attached hydrogens (tertiary/aromatic N) is 1. The Kier molecular flexibility index (Phi) is 4.93. The number of aliphatic imine (C=N–C) groups is 1. The fourth-order valence-corrected chi connectivity index (χ4v) is 3.73. The maximum absolute atomic E-state index is 6.40. The number of rotatable bonds is 5. The van der Waals surface area contributed by atoms with Crippen molar-refractivity contribution in [2.45, 2.75) is 0 Å². The summed E-state index contributed by atoms with van der Waals surface area (Å²) >= 11 is 14.2. The molecule has 0 saturated carbocycles. The van der Waals surface area contributed by atoms with E-state index in [2.05, 4.69) is 18.3 Å². The van der Waals surface area contributed by atoms with Gasteiger partial charge in [-0.05, 0) is 12.8 Å². The molecule has 2 rings (SSSR count). The van der Waals surface area contributed by atoms with Gasteiger partial charge in [0.2, 0.25) is 0 Å². The van der Waals surface area contributed by atoms with E-state index in [9.17, 15) is 0 Å². The van der Waals surface area contributed by atoms with E-state index in [4.69, 9.17) is 32.7 Å². The van der Waals surface area contributed by atoms with E-state index in [1.165, 1.54) is 11.3 Å². The van der Waals surface area contributed by atoms with Gasteiger partial charge in [0.05, 0.1) is 24.3 Å². The average Bonchev–Trinajstić information content (AvgIpc) is 2.90. The standard InChI is InChI=1S/C15H13Cl2NO2S/c1-5-8-6-11(21-15(8)18-2)12-13(16)9(19-3)7-10(20-4)14(12)17/h5-7H,1-2H2,3-4H3. The molecule has 0 unspecified atom stereocenters. The van der Waals surface area contributed by atoms with Crippen molar-refractivity contribution in [2.24, 2.45) is 4.99 Å². The third kappa shape index (κ3) is 2.79.